The molecule has 1 heterocycles. The molecule has 0 N–H and O–H groups in total. The highest BCUT2D eigenvalue weighted by Gasteiger charge is 2.72. The van der Waals surface area contributed by atoms with E-state index in [1.807, 2.05) is 41.5 Å². The summed E-state index contributed by atoms with van der Waals surface area (Å²) in [5, 5.41) is 0. The Morgan fingerprint density at radius 1 is 0.656 bits per heavy atom. The van der Waals surface area contributed by atoms with E-state index in [4.69, 9.17) is 4.74 Å². The van der Waals surface area contributed by atoms with Gasteiger partial charge in [-0.25, -0.2) is 0 Å². The van der Waals surface area contributed by atoms with Crippen molar-refractivity contribution in [2.45, 2.75) is 95.9 Å². The molecule has 0 radical (unpaired) electrons. The minimum absolute atomic E-state index is 0.0185. The number of Topliss-reactive ketones (excluding diaryl/α,β-unsaturated/α-hetero) is 2. The van der Waals surface area contributed by atoms with Crippen LogP contribution in [0.2, 0.25) is 0 Å². The molecule has 0 aromatic carbocycles. The Bertz CT molecular complexity index is 878. The first-order valence-corrected chi connectivity index (χ1v) is 12.2. The highest BCUT2D eigenvalue weighted by atomic mass is 16.5. The predicted octanol–water partition coefficient (Wildman–Crippen LogP) is 6.38. The van der Waals surface area contributed by atoms with Crippen LogP contribution >= 0.6 is 0 Å². The van der Waals surface area contributed by atoms with Gasteiger partial charge >= 0.3 is 5.97 Å². The van der Waals surface area contributed by atoms with Gasteiger partial charge in [-0.3, -0.25) is 14.4 Å². The van der Waals surface area contributed by atoms with Gasteiger partial charge in [0.2, 0.25) is 0 Å². The van der Waals surface area contributed by atoms with Crippen molar-refractivity contribution >= 4 is 17.5 Å². The third-order valence-electron chi connectivity index (χ3n) is 8.41. The fraction of sp³-hybridized carbons (Fsp3) is 0.821. The molecule has 1 fully saturated rings. The maximum Gasteiger partial charge on any atom is 0.333 e. The van der Waals surface area contributed by atoms with Gasteiger partial charge in [-0.2, -0.15) is 0 Å². The summed E-state index contributed by atoms with van der Waals surface area (Å²) in [6.07, 6.45) is 1.31. The van der Waals surface area contributed by atoms with Crippen LogP contribution in [0.15, 0.2) is 11.3 Å². The van der Waals surface area contributed by atoms with Crippen LogP contribution in [0.25, 0.3) is 0 Å². The summed E-state index contributed by atoms with van der Waals surface area (Å²) >= 11 is 0. The Kier molecular flexibility index (Phi) is 5.53. The van der Waals surface area contributed by atoms with Crippen LogP contribution in [0.1, 0.15) is 95.9 Å². The van der Waals surface area contributed by atoms with E-state index in [2.05, 4.69) is 41.5 Å². The second-order valence-corrected chi connectivity index (χ2v) is 14.8. The van der Waals surface area contributed by atoms with Crippen molar-refractivity contribution in [1.29, 1.82) is 0 Å². The minimum Gasteiger partial charge on any atom is -0.429 e. The summed E-state index contributed by atoms with van der Waals surface area (Å²) in [7, 11) is 0. The van der Waals surface area contributed by atoms with E-state index in [1.165, 1.54) is 0 Å². The first-order valence-electron chi connectivity index (χ1n) is 12.2. The molecule has 0 bridgehead atoms. The molecule has 5 atom stereocenters. The minimum atomic E-state index is -1.72. The van der Waals surface area contributed by atoms with E-state index in [0.29, 0.717) is 17.8 Å². The Labute approximate surface area is 194 Å². The van der Waals surface area contributed by atoms with Crippen LogP contribution in [0, 0.1) is 50.7 Å². The smallest absolute Gasteiger partial charge is 0.333 e. The number of hydrogen-bond acceptors (Lipinski definition) is 4. The molecule has 3 aliphatic rings. The van der Waals surface area contributed by atoms with E-state index in [1.54, 1.807) is 0 Å². The summed E-state index contributed by atoms with van der Waals surface area (Å²) in [5.41, 5.74) is -2.14. The Morgan fingerprint density at radius 2 is 1.12 bits per heavy atom. The van der Waals surface area contributed by atoms with Gasteiger partial charge in [0.1, 0.15) is 5.76 Å². The van der Waals surface area contributed by atoms with Crippen molar-refractivity contribution in [3.63, 3.8) is 0 Å². The van der Waals surface area contributed by atoms with Gasteiger partial charge in [-0.15, -0.1) is 0 Å². The number of allylic oxidation sites excluding steroid dienone is 2. The van der Waals surface area contributed by atoms with Crippen molar-refractivity contribution in [3.8, 4) is 0 Å². The largest absolute Gasteiger partial charge is 0.429 e. The molecule has 0 unspecified atom stereocenters. The van der Waals surface area contributed by atoms with Crippen molar-refractivity contribution in [3.05, 3.63) is 11.3 Å². The standard InChI is InChI=1S/C28H44O4/c1-24(2,3)15-13-16(25(4,5)6)20-19(15)22(30)28(23(31)32-20)18(27(10,11)12)14-17(21(28)29)26(7,8)9/h15-18H,13-14H2,1-12H3/t15-,16+,17-,18+,28-/m1/s1. The van der Waals surface area contributed by atoms with Crippen LogP contribution in [-0.2, 0) is 19.1 Å². The first kappa shape index (κ1) is 25.2. The van der Waals surface area contributed by atoms with Crippen LogP contribution in [0.5, 0.6) is 0 Å². The molecule has 1 aliphatic heterocycles. The van der Waals surface area contributed by atoms with Gasteiger partial charge in [0.05, 0.1) is 0 Å². The van der Waals surface area contributed by atoms with E-state index in [-0.39, 0.29) is 56.9 Å². The van der Waals surface area contributed by atoms with Gasteiger partial charge in [0, 0.05) is 17.4 Å². The van der Waals surface area contributed by atoms with Gasteiger partial charge < -0.3 is 4.74 Å². The molecule has 32 heavy (non-hydrogen) atoms. The molecular weight excluding hydrogens is 400 g/mol. The second kappa shape index (κ2) is 7.03. The lowest BCUT2D eigenvalue weighted by Gasteiger charge is -2.42. The lowest BCUT2D eigenvalue weighted by Crippen LogP contribution is -2.56. The van der Waals surface area contributed by atoms with Crippen molar-refractivity contribution in [2.75, 3.05) is 0 Å². The number of ketones is 2. The zero-order valence-corrected chi connectivity index (χ0v) is 22.4. The molecule has 0 aromatic rings. The third-order valence-corrected chi connectivity index (χ3v) is 8.41. The van der Waals surface area contributed by atoms with Crippen molar-refractivity contribution < 1.29 is 19.1 Å². The zero-order chi connectivity index (χ0) is 24.8. The van der Waals surface area contributed by atoms with E-state index in [0.717, 1.165) is 6.42 Å². The topological polar surface area (TPSA) is 60.4 Å². The normalized spacial score (nSPS) is 34.4. The average Bonchev–Trinajstić information content (AvgIpc) is 3.08. The molecule has 0 amide bonds. The molecule has 1 saturated carbocycles. The SMILES string of the molecule is CC(C)(C)[C@@H]1C[C@@H](C(C)(C)C)[C@@]2(C(=O)OC3=C(C2=O)[C@H](C(C)(C)C)C[C@@H]3C(C)(C)C)C1=O. The monoisotopic (exact) mass is 444 g/mol. The Morgan fingerprint density at radius 3 is 1.53 bits per heavy atom. The zero-order valence-electron chi connectivity index (χ0n) is 22.4. The molecular formula is C28H44O4. The molecule has 180 valence electrons. The van der Waals surface area contributed by atoms with E-state index < -0.39 is 11.4 Å². The summed E-state index contributed by atoms with van der Waals surface area (Å²) in [5.74, 6) is -1.35. The van der Waals surface area contributed by atoms with Crippen LogP contribution in [0.3, 0.4) is 0 Å². The number of carbonyl (C=O) groups is 3. The third kappa shape index (κ3) is 3.51. The number of hydrogen-bond donors (Lipinski definition) is 0. The molecule has 1 spiro atoms. The highest BCUT2D eigenvalue weighted by molar-refractivity contribution is 6.30. The molecule has 4 heteroatoms. The van der Waals surface area contributed by atoms with Crippen molar-refractivity contribution in [1.82, 2.24) is 0 Å². The van der Waals surface area contributed by atoms with Gasteiger partial charge in [-0.1, -0.05) is 83.1 Å². The van der Waals surface area contributed by atoms with E-state index >= 15 is 0 Å². The Balaban J connectivity index is 2.29. The molecule has 2 aliphatic carbocycles. The molecule has 0 saturated heterocycles. The number of rotatable bonds is 0. The van der Waals surface area contributed by atoms with Crippen LogP contribution in [-0.4, -0.2) is 17.5 Å². The Hall–Kier alpha value is -1.45. The lowest BCUT2D eigenvalue weighted by atomic mass is 9.60. The fourth-order valence-electron chi connectivity index (χ4n) is 6.46. The first-order chi connectivity index (χ1) is 14.2. The average molecular weight is 445 g/mol. The number of esters is 1. The maximum atomic E-state index is 14.5. The van der Waals surface area contributed by atoms with Gasteiger partial charge in [0.15, 0.2) is 17.0 Å². The summed E-state index contributed by atoms with van der Waals surface area (Å²) in [4.78, 5) is 42.5. The van der Waals surface area contributed by atoms with Gasteiger partial charge in [0.25, 0.3) is 0 Å². The quantitative estimate of drug-likeness (QED) is 0.321. The fourth-order valence-corrected chi connectivity index (χ4v) is 6.46. The molecule has 0 aromatic heterocycles. The van der Waals surface area contributed by atoms with E-state index in [9.17, 15) is 14.4 Å². The van der Waals surface area contributed by atoms with Crippen LogP contribution < -0.4 is 0 Å². The lowest BCUT2D eigenvalue weighted by molar-refractivity contribution is -0.168. The predicted molar refractivity (Wildman–Crippen MR) is 127 cm³/mol. The highest BCUT2D eigenvalue weighted by Crippen LogP contribution is 2.63. The summed E-state index contributed by atoms with van der Waals surface area (Å²) in [6, 6.07) is 0. The number of carbonyl (C=O) groups excluding carboxylic acids is 3. The van der Waals surface area contributed by atoms with Crippen molar-refractivity contribution in [2.24, 2.45) is 50.7 Å². The molecule has 3 rings (SSSR count). The summed E-state index contributed by atoms with van der Waals surface area (Å²) in [6.45, 7) is 25.0. The second-order valence-electron chi connectivity index (χ2n) is 14.8. The number of ether oxygens (including phenoxy) is 1. The van der Waals surface area contributed by atoms with Crippen LogP contribution in [0.4, 0.5) is 0 Å². The van der Waals surface area contributed by atoms with Gasteiger partial charge in [-0.05, 0) is 46.3 Å². The maximum absolute atomic E-state index is 14.5. The summed E-state index contributed by atoms with van der Waals surface area (Å²) < 4.78 is 6.14. The molecule has 4 nitrogen and oxygen atoms in total.